The third-order valence-corrected chi connectivity index (χ3v) is 1.75. The Bertz CT molecular complexity index is 336. The van der Waals surface area contributed by atoms with Crippen molar-refractivity contribution < 1.29 is 4.79 Å². The summed E-state index contributed by atoms with van der Waals surface area (Å²) in [4.78, 5) is 20.8. The second kappa shape index (κ2) is 3.45. The molecule has 1 rings (SSSR count). The third-order valence-electron chi connectivity index (χ3n) is 1.53. The minimum atomic E-state index is -0.583. The van der Waals surface area contributed by atoms with Crippen molar-refractivity contribution >= 4 is 22.5 Å². The van der Waals surface area contributed by atoms with Crippen LogP contribution in [0.1, 0.15) is 15.9 Å². The summed E-state index contributed by atoms with van der Waals surface area (Å²) in [6.07, 6.45) is 0. The maximum absolute atomic E-state index is 10.6. The van der Waals surface area contributed by atoms with Gasteiger partial charge in [-0.15, -0.1) is 4.91 Å². The number of aryl methyl sites for hydroxylation is 1. The predicted molar refractivity (Wildman–Crippen MR) is 46.8 cm³/mol. The van der Waals surface area contributed by atoms with E-state index in [0.717, 1.165) is 5.56 Å². The molecule has 0 fully saturated rings. The molecule has 3 nitrogen and oxygen atoms in total. The van der Waals surface area contributed by atoms with Crippen molar-refractivity contribution in [3.05, 3.63) is 34.2 Å². The van der Waals surface area contributed by atoms with E-state index in [0.29, 0.717) is 0 Å². The Labute approximate surface area is 74.3 Å². The van der Waals surface area contributed by atoms with E-state index in [9.17, 15) is 9.70 Å². The monoisotopic (exact) mass is 183 g/mol. The summed E-state index contributed by atoms with van der Waals surface area (Å²) in [6, 6.07) is 4.56. The zero-order valence-corrected chi connectivity index (χ0v) is 7.13. The highest BCUT2D eigenvalue weighted by Crippen LogP contribution is 2.20. The minimum absolute atomic E-state index is 0.251. The Hall–Kier alpha value is -1.22. The molecule has 0 aliphatic rings. The van der Waals surface area contributed by atoms with E-state index in [2.05, 4.69) is 5.18 Å². The number of nitrogens with zero attached hydrogens (tertiary/aromatic N) is 1. The highest BCUT2D eigenvalue weighted by atomic mass is 35.5. The molecule has 0 aliphatic heterocycles. The van der Waals surface area contributed by atoms with E-state index in [4.69, 9.17) is 11.6 Å². The summed E-state index contributed by atoms with van der Waals surface area (Å²) in [6.45, 7) is 1.74. The zero-order valence-electron chi connectivity index (χ0n) is 6.37. The lowest BCUT2D eigenvalue weighted by Crippen LogP contribution is -1.88. The van der Waals surface area contributed by atoms with Gasteiger partial charge in [0.1, 0.15) is 5.69 Å². The maximum Gasteiger partial charge on any atom is 0.252 e. The lowest BCUT2D eigenvalue weighted by atomic mass is 10.1. The molecule has 1 aromatic carbocycles. The average Bonchev–Trinajstić information content (AvgIpc) is 2.05. The molecule has 0 spiro atoms. The Morgan fingerprint density at radius 1 is 1.50 bits per heavy atom. The topological polar surface area (TPSA) is 46.5 Å². The van der Waals surface area contributed by atoms with Gasteiger partial charge >= 0.3 is 0 Å². The van der Waals surface area contributed by atoms with Crippen LogP contribution < -0.4 is 0 Å². The van der Waals surface area contributed by atoms with Crippen LogP contribution in [0.4, 0.5) is 5.69 Å². The highest BCUT2D eigenvalue weighted by Gasteiger charge is 2.04. The molecule has 0 amide bonds. The van der Waals surface area contributed by atoms with E-state index >= 15 is 0 Å². The van der Waals surface area contributed by atoms with Gasteiger partial charge in [0, 0.05) is 5.56 Å². The van der Waals surface area contributed by atoms with E-state index in [1.54, 1.807) is 19.1 Å². The van der Waals surface area contributed by atoms with E-state index < -0.39 is 5.24 Å². The molecule has 0 saturated heterocycles. The number of hydrogen-bond acceptors (Lipinski definition) is 3. The molecule has 0 aliphatic carbocycles. The highest BCUT2D eigenvalue weighted by molar-refractivity contribution is 6.67. The first-order valence-electron chi connectivity index (χ1n) is 3.29. The summed E-state index contributed by atoms with van der Waals surface area (Å²) in [5, 5.41) is 2.17. The smallest absolute Gasteiger partial charge is 0.252 e. The number of carbonyl (C=O) groups excluding carboxylic acids is 1. The summed E-state index contributed by atoms with van der Waals surface area (Å²) in [5.74, 6) is 0. The Kier molecular flexibility index (Phi) is 2.55. The van der Waals surface area contributed by atoms with Gasteiger partial charge in [-0.05, 0) is 41.4 Å². The molecule has 0 bridgehead atoms. The minimum Gasteiger partial charge on any atom is -0.276 e. The molecule has 62 valence electrons. The average molecular weight is 184 g/mol. The van der Waals surface area contributed by atoms with Crippen LogP contribution in [-0.4, -0.2) is 5.24 Å². The first-order chi connectivity index (χ1) is 5.65. The van der Waals surface area contributed by atoms with Gasteiger partial charge in [-0.1, -0.05) is 6.07 Å². The lowest BCUT2D eigenvalue weighted by molar-refractivity contribution is 0.108. The van der Waals surface area contributed by atoms with Crippen LogP contribution in [0.2, 0.25) is 0 Å². The van der Waals surface area contributed by atoms with Gasteiger partial charge in [-0.25, -0.2) is 0 Å². The summed E-state index contributed by atoms with van der Waals surface area (Å²) < 4.78 is 0. The van der Waals surface area contributed by atoms with Gasteiger partial charge in [0.2, 0.25) is 0 Å². The number of rotatable bonds is 2. The number of hydrogen-bond donors (Lipinski definition) is 0. The Morgan fingerprint density at radius 2 is 2.17 bits per heavy atom. The van der Waals surface area contributed by atoms with Crippen molar-refractivity contribution in [2.75, 3.05) is 0 Å². The molecule has 0 N–H and O–H groups in total. The van der Waals surface area contributed by atoms with Crippen molar-refractivity contribution in [2.24, 2.45) is 5.18 Å². The van der Waals surface area contributed by atoms with Crippen molar-refractivity contribution in [3.63, 3.8) is 0 Å². The van der Waals surface area contributed by atoms with Gasteiger partial charge in [0.05, 0.1) is 0 Å². The molecular weight excluding hydrogens is 178 g/mol. The van der Waals surface area contributed by atoms with Crippen LogP contribution in [0.15, 0.2) is 23.4 Å². The molecular formula is C8H6ClNO2. The largest absolute Gasteiger partial charge is 0.276 e. The van der Waals surface area contributed by atoms with Crippen LogP contribution in [0.5, 0.6) is 0 Å². The van der Waals surface area contributed by atoms with Crippen molar-refractivity contribution in [1.29, 1.82) is 0 Å². The fraction of sp³-hybridized carbons (Fsp3) is 0.125. The maximum atomic E-state index is 10.6. The fourth-order valence-electron chi connectivity index (χ4n) is 0.830. The number of halogens is 1. The van der Waals surface area contributed by atoms with Crippen LogP contribution in [0, 0.1) is 11.8 Å². The van der Waals surface area contributed by atoms with Crippen LogP contribution >= 0.6 is 11.6 Å². The molecule has 0 radical (unpaired) electrons. The molecule has 0 saturated carbocycles. The fourth-order valence-corrected chi connectivity index (χ4v) is 0.948. The van der Waals surface area contributed by atoms with Crippen molar-refractivity contribution in [2.45, 2.75) is 6.92 Å². The summed E-state index contributed by atoms with van der Waals surface area (Å²) >= 11 is 5.20. The Balaban J connectivity index is 3.22. The summed E-state index contributed by atoms with van der Waals surface area (Å²) in [7, 11) is 0. The normalized spacial score (nSPS) is 9.50. The van der Waals surface area contributed by atoms with E-state index in [-0.39, 0.29) is 11.3 Å². The summed E-state index contributed by atoms with van der Waals surface area (Å²) in [5.41, 5.74) is 1.27. The van der Waals surface area contributed by atoms with Gasteiger partial charge in [-0.2, -0.15) is 0 Å². The van der Waals surface area contributed by atoms with E-state index in [1.807, 2.05) is 0 Å². The van der Waals surface area contributed by atoms with Crippen LogP contribution in [-0.2, 0) is 0 Å². The number of carbonyl (C=O) groups is 1. The van der Waals surface area contributed by atoms with Gasteiger partial charge in [-0.3, -0.25) is 4.79 Å². The van der Waals surface area contributed by atoms with Gasteiger partial charge in [0.15, 0.2) is 0 Å². The van der Waals surface area contributed by atoms with Crippen molar-refractivity contribution in [3.8, 4) is 0 Å². The first kappa shape index (κ1) is 8.87. The molecule has 0 atom stereocenters. The molecule has 0 heterocycles. The number of benzene rings is 1. The molecule has 1 aromatic rings. The lowest BCUT2D eigenvalue weighted by Gasteiger charge is -1.97. The van der Waals surface area contributed by atoms with E-state index in [1.165, 1.54) is 6.07 Å². The zero-order chi connectivity index (χ0) is 9.14. The standard InChI is InChI=1S/C8H6ClNO2/c1-5-2-3-6(8(9)11)4-7(5)10-12/h2-4H,1H3. The third kappa shape index (κ3) is 1.68. The van der Waals surface area contributed by atoms with Crippen LogP contribution in [0.3, 0.4) is 0 Å². The first-order valence-corrected chi connectivity index (χ1v) is 3.67. The van der Waals surface area contributed by atoms with Crippen molar-refractivity contribution in [1.82, 2.24) is 0 Å². The molecule has 12 heavy (non-hydrogen) atoms. The molecule has 0 aromatic heterocycles. The molecule has 4 heteroatoms. The molecule has 0 unspecified atom stereocenters. The van der Waals surface area contributed by atoms with Gasteiger partial charge in [0.25, 0.3) is 5.24 Å². The quantitative estimate of drug-likeness (QED) is 0.523. The number of nitroso groups, excluding NO2 is 1. The SMILES string of the molecule is Cc1ccc(C(=O)Cl)cc1N=O. The predicted octanol–water partition coefficient (Wildman–Crippen LogP) is 2.77. The van der Waals surface area contributed by atoms with Gasteiger partial charge < -0.3 is 0 Å². The second-order valence-corrected chi connectivity index (χ2v) is 2.71. The van der Waals surface area contributed by atoms with Crippen LogP contribution in [0.25, 0.3) is 0 Å². The second-order valence-electron chi connectivity index (χ2n) is 2.37. The Morgan fingerprint density at radius 3 is 2.67 bits per heavy atom.